The number of thiazole rings is 1. The largest absolute Gasteiger partial charge is 0.475 e. The van der Waals surface area contributed by atoms with Gasteiger partial charge in [-0.1, -0.05) is 22.9 Å². The smallest absolute Gasteiger partial charge is 0.287 e. The molecule has 0 unspecified atom stereocenters. The predicted molar refractivity (Wildman–Crippen MR) is 134 cm³/mol. The molecule has 0 aliphatic carbocycles. The van der Waals surface area contributed by atoms with Crippen LogP contribution in [0.3, 0.4) is 0 Å². The minimum atomic E-state index is -0.539. The van der Waals surface area contributed by atoms with Crippen molar-refractivity contribution in [1.82, 2.24) is 19.9 Å². The Morgan fingerprint density at radius 3 is 1.95 bits per heavy atom. The summed E-state index contributed by atoms with van der Waals surface area (Å²) in [6, 6.07) is 8.85. The van der Waals surface area contributed by atoms with Gasteiger partial charge in [-0.15, -0.1) is 0 Å². The third-order valence-corrected chi connectivity index (χ3v) is 4.80. The third-order valence-electron chi connectivity index (χ3n) is 3.78. The molecule has 0 aliphatic heterocycles. The standard InChI is InChI=1S/C8H9N3O2S.C7H8N2O4.C5H3ClN2O2/c9-8-10-5-1-2-6(13-4-3-12)11-7(5)14-8;10-3-4-13-7-2-1-6(5-8-7)9(11)12;6-5-2-1-4(3-7-5)8(9)10/h1-2,12H,3-4H2,(H2,9,10);1-2,5,10H,3-4H2;1-3H. The first kappa shape index (κ1) is 29.0. The van der Waals surface area contributed by atoms with Gasteiger partial charge in [0.2, 0.25) is 11.8 Å². The van der Waals surface area contributed by atoms with Crippen LogP contribution in [0.4, 0.5) is 16.5 Å². The van der Waals surface area contributed by atoms with E-state index in [1.54, 1.807) is 12.1 Å². The van der Waals surface area contributed by atoms with Crippen molar-refractivity contribution >= 4 is 49.8 Å². The van der Waals surface area contributed by atoms with E-state index in [1.807, 2.05) is 0 Å². The van der Waals surface area contributed by atoms with Crippen LogP contribution in [0.25, 0.3) is 10.3 Å². The van der Waals surface area contributed by atoms with Gasteiger partial charge in [-0.2, -0.15) is 0 Å². The van der Waals surface area contributed by atoms with Crippen molar-refractivity contribution in [2.24, 2.45) is 0 Å². The van der Waals surface area contributed by atoms with E-state index in [0.717, 1.165) is 22.7 Å². The number of nitrogens with zero attached hydrogens (tertiary/aromatic N) is 6. The number of nitrogens with two attached hydrogens (primary N) is 1. The highest BCUT2D eigenvalue weighted by atomic mass is 35.5. The Kier molecular flexibility index (Phi) is 11.7. The van der Waals surface area contributed by atoms with Crippen molar-refractivity contribution in [1.29, 1.82) is 0 Å². The van der Waals surface area contributed by atoms with Gasteiger partial charge in [-0.05, 0) is 12.1 Å². The van der Waals surface area contributed by atoms with E-state index in [-0.39, 0.29) is 48.8 Å². The number of ether oxygens (including phenoxy) is 2. The van der Waals surface area contributed by atoms with E-state index >= 15 is 0 Å². The molecule has 37 heavy (non-hydrogen) atoms. The van der Waals surface area contributed by atoms with Gasteiger partial charge in [-0.25, -0.2) is 19.9 Å². The van der Waals surface area contributed by atoms with Crippen LogP contribution in [-0.2, 0) is 0 Å². The molecule has 4 rings (SSSR count). The average Bonchev–Trinajstić information content (AvgIpc) is 3.26. The second-order valence-electron chi connectivity index (χ2n) is 6.38. The number of rotatable bonds is 8. The molecule has 0 fully saturated rings. The molecule has 196 valence electrons. The molecule has 4 aromatic rings. The lowest BCUT2D eigenvalue weighted by Gasteiger charge is -2.01. The first-order valence-electron chi connectivity index (χ1n) is 10.1. The first-order valence-corrected chi connectivity index (χ1v) is 11.3. The topological polar surface area (TPSA) is 223 Å². The summed E-state index contributed by atoms with van der Waals surface area (Å²) in [5.74, 6) is 0.745. The normalized spacial score (nSPS) is 9.92. The Hall–Kier alpha value is -4.25. The number of nitrogen functional groups attached to an aromatic ring is 1. The lowest BCUT2D eigenvalue weighted by Crippen LogP contribution is -2.02. The van der Waals surface area contributed by atoms with E-state index in [4.69, 9.17) is 37.0 Å². The summed E-state index contributed by atoms with van der Waals surface area (Å²) >= 11 is 6.70. The fourth-order valence-corrected chi connectivity index (χ4v) is 3.05. The van der Waals surface area contributed by atoms with Crippen molar-refractivity contribution in [2.75, 3.05) is 32.2 Å². The first-order chi connectivity index (χ1) is 17.7. The fraction of sp³-hybridized carbons (Fsp3) is 0.200. The fourth-order valence-electron chi connectivity index (χ4n) is 2.24. The second-order valence-corrected chi connectivity index (χ2v) is 7.77. The van der Waals surface area contributed by atoms with Crippen molar-refractivity contribution < 1.29 is 29.5 Å². The molecule has 0 aromatic carbocycles. The number of fused-ring (bicyclic) bond motifs is 1. The van der Waals surface area contributed by atoms with Crippen LogP contribution in [-0.4, -0.2) is 66.4 Å². The van der Waals surface area contributed by atoms with Crippen molar-refractivity contribution in [3.63, 3.8) is 0 Å². The molecule has 0 radical (unpaired) electrons. The van der Waals surface area contributed by atoms with Gasteiger partial charge in [-0.3, -0.25) is 20.2 Å². The third kappa shape index (κ3) is 10.1. The Labute approximate surface area is 217 Å². The van der Waals surface area contributed by atoms with Crippen molar-refractivity contribution in [3.8, 4) is 11.8 Å². The molecule has 0 atom stereocenters. The molecule has 15 nitrogen and oxygen atoms in total. The monoisotopic (exact) mass is 553 g/mol. The van der Waals surface area contributed by atoms with E-state index in [1.165, 1.54) is 35.6 Å². The SMILES string of the molecule is Nc1nc2ccc(OCCO)nc2s1.O=[N+]([O-])c1ccc(Cl)nc1.O=[N+]([O-])c1ccc(OCCO)nc1. The van der Waals surface area contributed by atoms with Gasteiger partial charge < -0.3 is 25.4 Å². The summed E-state index contributed by atoms with van der Waals surface area (Å²) in [6.45, 7) is 0.237. The van der Waals surface area contributed by atoms with Gasteiger partial charge in [0.05, 0.1) is 23.1 Å². The van der Waals surface area contributed by atoms with Crippen LogP contribution in [0, 0.1) is 20.2 Å². The van der Waals surface area contributed by atoms with Gasteiger partial charge in [0, 0.05) is 24.3 Å². The molecule has 4 aromatic heterocycles. The average molecular weight is 554 g/mol. The Bertz CT molecular complexity index is 1290. The predicted octanol–water partition coefficient (Wildman–Crippen LogP) is 2.65. The zero-order valence-corrected chi connectivity index (χ0v) is 20.4. The molecular formula is C20H20ClN7O8S. The Balaban J connectivity index is 0.000000198. The number of hydrogen-bond acceptors (Lipinski definition) is 14. The molecule has 0 bridgehead atoms. The molecule has 4 heterocycles. The minimum Gasteiger partial charge on any atom is -0.475 e. The molecule has 0 aliphatic rings. The number of anilines is 1. The quantitative estimate of drug-likeness (QED) is 0.162. The summed E-state index contributed by atoms with van der Waals surface area (Å²) in [6.07, 6.45) is 2.22. The maximum atomic E-state index is 10.2. The zero-order chi connectivity index (χ0) is 27.2. The summed E-state index contributed by atoms with van der Waals surface area (Å²) < 4.78 is 10.1. The number of halogens is 1. The number of aliphatic hydroxyl groups excluding tert-OH is 2. The second kappa shape index (κ2) is 15.0. The lowest BCUT2D eigenvalue weighted by molar-refractivity contribution is -0.385. The highest BCUT2D eigenvalue weighted by Gasteiger charge is 2.06. The van der Waals surface area contributed by atoms with Crippen LogP contribution in [0.2, 0.25) is 5.15 Å². The van der Waals surface area contributed by atoms with Crippen molar-refractivity contribution in [2.45, 2.75) is 0 Å². The summed E-state index contributed by atoms with van der Waals surface area (Å²) in [5, 5.41) is 38.0. The van der Waals surface area contributed by atoms with Crippen LogP contribution < -0.4 is 15.2 Å². The highest BCUT2D eigenvalue weighted by molar-refractivity contribution is 7.21. The number of aromatic nitrogens is 4. The maximum Gasteiger partial charge on any atom is 0.287 e. The Morgan fingerprint density at radius 2 is 1.43 bits per heavy atom. The molecule has 0 saturated carbocycles. The molecule has 0 saturated heterocycles. The molecular weight excluding hydrogens is 534 g/mol. The van der Waals surface area contributed by atoms with Crippen molar-refractivity contribution in [3.05, 3.63) is 74.2 Å². The van der Waals surface area contributed by atoms with Crippen LogP contribution >= 0.6 is 22.9 Å². The number of hydrogen-bond donors (Lipinski definition) is 3. The summed E-state index contributed by atoms with van der Waals surface area (Å²) in [7, 11) is 0. The van der Waals surface area contributed by atoms with Crippen LogP contribution in [0.5, 0.6) is 11.8 Å². The Morgan fingerprint density at radius 1 is 0.865 bits per heavy atom. The highest BCUT2D eigenvalue weighted by Crippen LogP contribution is 2.23. The van der Waals surface area contributed by atoms with Gasteiger partial charge in [0.1, 0.15) is 41.1 Å². The molecule has 17 heteroatoms. The van der Waals surface area contributed by atoms with E-state index < -0.39 is 9.85 Å². The number of nitro groups is 2. The van der Waals surface area contributed by atoms with E-state index in [0.29, 0.717) is 11.0 Å². The zero-order valence-electron chi connectivity index (χ0n) is 18.8. The van der Waals surface area contributed by atoms with Gasteiger partial charge in [0.25, 0.3) is 11.4 Å². The number of pyridine rings is 3. The maximum absolute atomic E-state index is 10.2. The molecule has 4 N–H and O–H groups in total. The summed E-state index contributed by atoms with van der Waals surface area (Å²) in [4.78, 5) is 35.4. The number of aliphatic hydroxyl groups is 2. The van der Waals surface area contributed by atoms with E-state index in [9.17, 15) is 20.2 Å². The van der Waals surface area contributed by atoms with Crippen LogP contribution in [0.1, 0.15) is 0 Å². The van der Waals surface area contributed by atoms with Gasteiger partial charge >= 0.3 is 0 Å². The lowest BCUT2D eigenvalue weighted by atomic mass is 10.4. The molecule has 0 amide bonds. The van der Waals surface area contributed by atoms with Crippen LogP contribution in [0.15, 0.2) is 48.8 Å². The summed E-state index contributed by atoms with van der Waals surface area (Å²) in [5.41, 5.74) is 6.16. The van der Waals surface area contributed by atoms with E-state index in [2.05, 4.69) is 19.9 Å². The molecule has 0 spiro atoms. The van der Waals surface area contributed by atoms with Gasteiger partial charge in [0.15, 0.2) is 5.13 Å². The minimum absolute atomic E-state index is 0.0233.